The topological polar surface area (TPSA) is 56.2 Å². The van der Waals surface area contributed by atoms with Crippen LogP contribution in [0.1, 0.15) is 5.56 Å². The van der Waals surface area contributed by atoms with Gasteiger partial charge in [0.1, 0.15) is 24.2 Å². The van der Waals surface area contributed by atoms with Crippen molar-refractivity contribution >= 4 is 5.69 Å². The molecule has 25 heavy (non-hydrogen) atoms. The Hall–Kier alpha value is -2.24. The highest BCUT2D eigenvalue weighted by Crippen LogP contribution is 2.18. The number of benzene rings is 2. The van der Waals surface area contributed by atoms with E-state index in [1.807, 2.05) is 0 Å². The van der Waals surface area contributed by atoms with E-state index in [0.717, 1.165) is 26.2 Å². The summed E-state index contributed by atoms with van der Waals surface area (Å²) in [6, 6.07) is 15.2. The van der Waals surface area contributed by atoms with Crippen molar-refractivity contribution in [3.8, 4) is 11.5 Å². The summed E-state index contributed by atoms with van der Waals surface area (Å²) in [6.07, 6.45) is -0.528. The van der Waals surface area contributed by atoms with Crippen molar-refractivity contribution in [1.29, 1.82) is 0 Å². The SMILES string of the molecule is Cc1ccc(N2CCN(C[C@@H](O)COc3ccc(O)cc3)CC2)cc1. The molecular formula is C20H26N2O3. The number of phenolic OH excluding ortho intramolecular Hbond substituents is 1. The summed E-state index contributed by atoms with van der Waals surface area (Å²) in [5.74, 6) is 0.861. The highest BCUT2D eigenvalue weighted by atomic mass is 16.5. The van der Waals surface area contributed by atoms with Crippen LogP contribution in [0.5, 0.6) is 11.5 Å². The van der Waals surface area contributed by atoms with E-state index in [0.29, 0.717) is 12.3 Å². The van der Waals surface area contributed by atoms with Crippen molar-refractivity contribution < 1.29 is 14.9 Å². The fraction of sp³-hybridized carbons (Fsp3) is 0.400. The average Bonchev–Trinajstić information content (AvgIpc) is 2.63. The number of ether oxygens (including phenoxy) is 1. The zero-order valence-corrected chi connectivity index (χ0v) is 14.6. The Labute approximate surface area is 149 Å². The van der Waals surface area contributed by atoms with Gasteiger partial charge in [-0.2, -0.15) is 0 Å². The fourth-order valence-electron chi connectivity index (χ4n) is 3.03. The number of aryl methyl sites for hydroxylation is 1. The van der Waals surface area contributed by atoms with E-state index in [4.69, 9.17) is 4.74 Å². The number of β-amino-alcohol motifs (C(OH)–C–C–N with tert-alkyl or cyclic N) is 1. The van der Waals surface area contributed by atoms with Gasteiger partial charge in [0, 0.05) is 38.4 Å². The average molecular weight is 342 g/mol. The normalized spacial score (nSPS) is 16.6. The van der Waals surface area contributed by atoms with Crippen LogP contribution in [0.4, 0.5) is 5.69 Å². The quantitative estimate of drug-likeness (QED) is 0.843. The van der Waals surface area contributed by atoms with E-state index >= 15 is 0 Å². The third kappa shape index (κ3) is 5.11. The summed E-state index contributed by atoms with van der Waals surface area (Å²) in [5, 5.41) is 19.5. The lowest BCUT2D eigenvalue weighted by Gasteiger charge is -2.36. The van der Waals surface area contributed by atoms with E-state index in [-0.39, 0.29) is 12.4 Å². The standard InChI is InChI=1S/C20H26N2O3/c1-16-2-4-17(5-3-16)22-12-10-21(11-13-22)14-19(24)15-25-20-8-6-18(23)7-9-20/h2-9,19,23-24H,10-15H2,1H3/t19-/m1/s1. The number of aliphatic hydroxyl groups is 1. The lowest BCUT2D eigenvalue weighted by molar-refractivity contribution is 0.0663. The van der Waals surface area contributed by atoms with Crippen LogP contribution in [0.15, 0.2) is 48.5 Å². The first-order valence-electron chi connectivity index (χ1n) is 8.74. The molecule has 0 amide bonds. The predicted octanol–water partition coefficient (Wildman–Crippen LogP) is 2.26. The number of rotatable bonds is 6. The number of anilines is 1. The van der Waals surface area contributed by atoms with Crippen LogP contribution in [-0.2, 0) is 0 Å². The minimum absolute atomic E-state index is 0.208. The molecule has 1 fully saturated rings. The van der Waals surface area contributed by atoms with Crippen LogP contribution in [-0.4, -0.2) is 60.5 Å². The zero-order valence-electron chi connectivity index (χ0n) is 14.6. The summed E-state index contributed by atoms with van der Waals surface area (Å²) >= 11 is 0. The van der Waals surface area contributed by atoms with Gasteiger partial charge in [0.25, 0.3) is 0 Å². The van der Waals surface area contributed by atoms with Gasteiger partial charge in [-0.25, -0.2) is 0 Å². The Kier molecular flexibility index (Phi) is 5.79. The molecule has 134 valence electrons. The van der Waals surface area contributed by atoms with Gasteiger partial charge >= 0.3 is 0 Å². The van der Waals surface area contributed by atoms with E-state index < -0.39 is 6.10 Å². The Morgan fingerprint density at radius 2 is 1.60 bits per heavy atom. The second kappa shape index (κ2) is 8.23. The van der Waals surface area contributed by atoms with E-state index in [1.165, 1.54) is 11.3 Å². The molecule has 3 rings (SSSR count). The molecule has 1 atom stereocenters. The Balaban J connectivity index is 1.40. The number of aliphatic hydroxyl groups excluding tert-OH is 1. The third-order valence-corrected chi connectivity index (χ3v) is 4.52. The van der Waals surface area contributed by atoms with Gasteiger partial charge in [0.15, 0.2) is 0 Å². The van der Waals surface area contributed by atoms with Crippen LogP contribution in [0, 0.1) is 6.92 Å². The van der Waals surface area contributed by atoms with Crippen molar-refractivity contribution in [2.75, 3.05) is 44.2 Å². The Bertz CT molecular complexity index is 650. The molecule has 0 saturated carbocycles. The first-order valence-corrected chi connectivity index (χ1v) is 8.74. The highest BCUT2D eigenvalue weighted by Gasteiger charge is 2.19. The summed E-state index contributed by atoms with van der Waals surface area (Å²) < 4.78 is 5.57. The molecule has 0 bridgehead atoms. The number of hydrogen-bond acceptors (Lipinski definition) is 5. The van der Waals surface area contributed by atoms with Crippen LogP contribution in [0.3, 0.4) is 0 Å². The van der Waals surface area contributed by atoms with Crippen molar-refractivity contribution in [2.45, 2.75) is 13.0 Å². The number of nitrogens with zero attached hydrogens (tertiary/aromatic N) is 2. The number of phenols is 1. The molecule has 5 nitrogen and oxygen atoms in total. The number of aromatic hydroxyl groups is 1. The van der Waals surface area contributed by atoms with Crippen LogP contribution in [0.2, 0.25) is 0 Å². The van der Waals surface area contributed by atoms with Crippen LogP contribution >= 0.6 is 0 Å². The lowest BCUT2D eigenvalue weighted by atomic mass is 10.2. The maximum absolute atomic E-state index is 10.2. The number of piperazine rings is 1. The van der Waals surface area contributed by atoms with Crippen molar-refractivity contribution in [3.05, 3.63) is 54.1 Å². The monoisotopic (exact) mass is 342 g/mol. The van der Waals surface area contributed by atoms with E-state index in [9.17, 15) is 10.2 Å². The van der Waals surface area contributed by atoms with Crippen molar-refractivity contribution in [3.63, 3.8) is 0 Å². The maximum Gasteiger partial charge on any atom is 0.119 e. The molecule has 0 unspecified atom stereocenters. The molecule has 1 saturated heterocycles. The largest absolute Gasteiger partial charge is 0.508 e. The molecule has 1 aliphatic heterocycles. The summed E-state index contributed by atoms with van der Waals surface area (Å²) in [7, 11) is 0. The molecule has 0 spiro atoms. The first-order chi connectivity index (χ1) is 12.1. The number of hydrogen-bond donors (Lipinski definition) is 2. The second-order valence-corrected chi connectivity index (χ2v) is 6.58. The molecule has 5 heteroatoms. The summed E-state index contributed by atoms with van der Waals surface area (Å²) in [5.41, 5.74) is 2.54. The molecule has 1 heterocycles. The van der Waals surface area contributed by atoms with Gasteiger partial charge in [-0.3, -0.25) is 4.90 Å². The smallest absolute Gasteiger partial charge is 0.119 e. The molecule has 2 N–H and O–H groups in total. The molecular weight excluding hydrogens is 316 g/mol. The molecule has 0 radical (unpaired) electrons. The minimum Gasteiger partial charge on any atom is -0.508 e. The van der Waals surface area contributed by atoms with Crippen LogP contribution < -0.4 is 9.64 Å². The van der Waals surface area contributed by atoms with E-state index in [1.54, 1.807) is 24.3 Å². The molecule has 1 aliphatic rings. The Morgan fingerprint density at radius 1 is 0.960 bits per heavy atom. The highest BCUT2D eigenvalue weighted by molar-refractivity contribution is 5.47. The maximum atomic E-state index is 10.2. The summed E-state index contributed by atoms with van der Waals surface area (Å²) in [4.78, 5) is 4.66. The van der Waals surface area contributed by atoms with Gasteiger partial charge < -0.3 is 19.8 Å². The predicted molar refractivity (Wildman–Crippen MR) is 99.4 cm³/mol. The fourth-order valence-corrected chi connectivity index (χ4v) is 3.03. The first kappa shape index (κ1) is 17.6. The zero-order chi connectivity index (χ0) is 17.6. The van der Waals surface area contributed by atoms with Gasteiger partial charge in [0.2, 0.25) is 0 Å². The molecule has 0 aromatic heterocycles. The van der Waals surface area contributed by atoms with Gasteiger partial charge in [-0.1, -0.05) is 17.7 Å². The van der Waals surface area contributed by atoms with Gasteiger partial charge in [-0.15, -0.1) is 0 Å². The lowest BCUT2D eigenvalue weighted by Crippen LogP contribution is -2.49. The third-order valence-electron chi connectivity index (χ3n) is 4.52. The molecule has 0 aliphatic carbocycles. The van der Waals surface area contributed by atoms with Crippen molar-refractivity contribution in [1.82, 2.24) is 4.90 Å². The van der Waals surface area contributed by atoms with Gasteiger partial charge in [0.05, 0.1) is 0 Å². The second-order valence-electron chi connectivity index (χ2n) is 6.58. The van der Waals surface area contributed by atoms with E-state index in [2.05, 4.69) is 41.0 Å². The molecule has 2 aromatic rings. The molecule has 2 aromatic carbocycles. The van der Waals surface area contributed by atoms with Crippen molar-refractivity contribution in [2.24, 2.45) is 0 Å². The minimum atomic E-state index is -0.528. The summed E-state index contributed by atoms with van der Waals surface area (Å²) in [6.45, 7) is 6.77. The van der Waals surface area contributed by atoms with Gasteiger partial charge in [-0.05, 0) is 43.3 Å². The Morgan fingerprint density at radius 3 is 2.24 bits per heavy atom. The van der Waals surface area contributed by atoms with Crippen LogP contribution in [0.25, 0.3) is 0 Å².